The van der Waals surface area contributed by atoms with E-state index in [-0.39, 0.29) is 23.8 Å². The van der Waals surface area contributed by atoms with Crippen molar-refractivity contribution >= 4 is 23.2 Å². The number of rotatable bonds is 4. The molecule has 134 valence electrons. The molecule has 0 saturated carbocycles. The molecule has 1 aliphatic heterocycles. The maximum Gasteiger partial charge on any atom is 0.227 e. The lowest BCUT2D eigenvalue weighted by atomic mass is 10.0. The van der Waals surface area contributed by atoms with E-state index in [4.69, 9.17) is 4.42 Å². The molecule has 3 rings (SSSR count). The Kier molecular flexibility index (Phi) is 4.94. The minimum atomic E-state index is -0.128. The van der Waals surface area contributed by atoms with Crippen molar-refractivity contribution in [2.45, 2.75) is 46.1 Å². The first-order valence-electron chi connectivity index (χ1n) is 8.37. The number of carbonyl (C=O) groups excluding carboxylic acids is 2. The molecule has 2 aromatic rings. The fourth-order valence-electron chi connectivity index (χ4n) is 3.34. The summed E-state index contributed by atoms with van der Waals surface area (Å²) >= 11 is 1.57. The van der Waals surface area contributed by atoms with E-state index in [0.717, 1.165) is 27.1 Å². The number of furan rings is 1. The predicted molar refractivity (Wildman–Crippen MR) is 95.7 cm³/mol. The second-order valence-electron chi connectivity index (χ2n) is 6.58. The fourth-order valence-corrected chi connectivity index (χ4v) is 4.27. The van der Waals surface area contributed by atoms with Crippen molar-refractivity contribution in [2.75, 3.05) is 13.1 Å². The lowest BCUT2D eigenvalue weighted by Gasteiger charge is -2.17. The van der Waals surface area contributed by atoms with E-state index in [9.17, 15) is 9.59 Å². The molecule has 0 aliphatic carbocycles. The largest absolute Gasteiger partial charge is 0.466 e. The molecule has 7 heteroatoms. The van der Waals surface area contributed by atoms with Gasteiger partial charge in [-0.3, -0.25) is 9.59 Å². The third-order valence-electron chi connectivity index (χ3n) is 4.50. The van der Waals surface area contributed by atoms with Crippen molar-refractivity contribution in [3.8, 4) is 0 Å². The maximum atomic E-state index is 12.8. The summed E-state index contributed by atoms with van der Waals surface area (Å²) in [4.78, 5) is 31.5. The highest BCUT2D eigenvalue weighted by molar-refractivity contribution is 7.11. The molecule has 2 unspecified atom stereocenters. The molecule has 1 N–H and O–H groups in total. The molecule has 0 radical (unpaired) electrons. The Balaban J connectivity index is 1.75. The van der Waals surface area contributed by atoms with Crippen LogP contribution in [0.5, 0.6) is 0 Å². The summed E-state index contributed by atoms with van der Waals surface area (Å²) in [5, 5.41) is 3.94. The summed E-state index contributed by atoms with van der Waals surface area (Å²) < 4.78 is 5.75. The Labute approximate surface area is 151 Å². The molecule has 25 heavy (non-hydrogen) atoms. The molecule has 0 aromatic carbocycles. The predicted octanol–water partition coefficient (Wildman–Crippen LogP) is 2.33. The Hall–Kier alpha value is -2.15. The van der Waals surface area contributed by atoms with Crippen LogP contribution in [0.3, 0.4) is 0 Å². The highest BCUT2D eigenvalue weighted by Gasteiger charge is 2.38. The second-order valence-corrected chi connectivity index (χ2v) is 7.87. The number of aryl methyl sites for hydroxylation is 3. The molecule has 3 heterocycles. The third kappa shape index (κ3) is 3.92. The Morgan fingerprint density at radius 2 is 2.08 bits per heavy atom. The molecule has 2 amide bonds. The molecule has 1 aliphatic rings. The van der Waals surface area contributed by atoms with Crippen LogP contribution in [0.1, 0.15) is 39.9 Å². The van der Waals surface area contributed by atoms with Crippen LogP contribution in [0.4, 0.5) is 0 Å². The van der Waals surface area contributed by atoms with Crippen molar-refractivity contribution in [3.05, 3.63) is 39.2 Å². The first-order chi connectivity index (χ1) is 11.8. The van der Waals surface area contributed by atoms with Gasteiger partial charge in [-0.05, 0) is 32.9 Å². The van der Waals surface area contributed by atoms with Crippen molar-refractivity contribution in [3.63, 3.8) is 0 Å². The van der Waals surface area contributed by atoms with Gasteiger partial charge in [-0.1, -0.05) is 0 Å². The molecular weight excluding hydrogens is 338 g/mol. The van der Waals surface area contributed by atoms with E-state index < -0.39 is 0 Å². The molecule has 0 spiro atoms. The van der Waals surface area contributed by atoms with Gasteiger partial charge in [0.1, 0.15) is 11.5 Å². The van der Waals surface area contributed by atoms with E-state index in [1.807, 2.05) is 37.8 Å². The van der Waals surface area contributed by atoms with E-state index in [0.29, 0.717) is 19.5 Å². The maximum absolute atomic E-state index is 12.8. The number of aromatic nitrogens is 1. The summed E-state index contributed by atoms with van der Waals surface area (Å²) in [6.45, 7) is 8.32. The standard InChI is InChI=1S/C18H23N3O3S/c1-10-5-6-16(24-10)14-8-21(9-15(14)20-12(3)22)18(23)7-17-11(2)19-13(4)25-17/h5-6,14-15H,7-9H2,1-4H3,(H,20,22). The minimum absolute atomic E-state index is 0.0224. The number of thiazole rings is 1. The van der Waals surface area contributed by atoms with Gasteiger partial charge >= 0.3 is 0 Å². The van der Waals surface area contributed by atoms with Crippen LogP contribution in [0.15, 0.2) is 16.5 Å². The van der Waals surface area contributed by atoms with Crippen molar-refractivity contribution < 1.29 is 14.0 Å². The number of carbonyl (C=O) groups is 2. The number of nitrogens with zero attached hydrogens (tertiary/aromatic N) is 2. The topological polar surface area (TPSA) is 75.4 Å². The number of hydrogen-bond acceptors (Lipinski definition) is 5. The summed E-state index contributed by atoms with van der Waals surface area (Å²) in [7, 11) is 0. The zero-order valence-electron chi connectivity index (χ0n) is 15.0. The summed E-state index contributed by atoms with van der Waals surface area (Å²) in [6.07, 6.45) is 0.355. The van der Waals surface area contributed by atoms with Gasteiger partial charge in [0.05, 0.1) is 29.1 Å². The van der Waals surface area contributed by atoms with Gasteiger partial charge in [0.25, 0.3) is 0 Å². The lowest BCUT2D eigenvalue weighted by Crippen LogP contribution is -2.39. The van der Waals surface area contributed by atoms with E-state index >= 15 is 0 Å². The molecule has 1 saturated heterocycles. The van der Waals surface area contributed by atoms with Crippen LogP contribution < -0.4 is 5.32 Å². The fraction of sp³-hybridized carbons (Fsp3) is 0.500. The van der Waals surface area contributed by atoms with Crippen LogP contribution in [-0.2, 0) is 16.0 Å². The zero-order chi connectivity index (χ0) is 18.1. The number of amides is 2. The monoisotopic (exact) mass is 361 g/mol. The number of hydrogen-bond donors (Lipinski definition) is 1. The van der Waals surface area contributed by atoms with Gasteiger partial charge in [0.2, 0.25) is 11.8 Å². The molecule has 2 atom stereocenters. The van der Waals surface area contributed by atoms with Crippen molar-refractivity contribution in [1.29, 1.82) is 0 Å². The Bertz CT molecular complexity index is 795. The smallest absolute Gasteiger partial charge is 0.227 e. The van der Waals surface area contributed by atoms with E-state index in [2.05, 4.69) is 10.3 Å². The van der Waals surface area contributed by atoms with Crippen molar-refractivity contribution in [1.82, 2.24) is 15.2 Å². The van der Waals surface area contributed by atoms with Crippen molar-refractivity contribution in [2.24, 2.45) is 0 Å². The zero-order valence-corrected chi connectivity index (χ0v) is 15.8. The van der Waals surface area contributed by atoms with Crippen LogP contribution in [0.2, 0.25) is 0 Å². The average Bonchev–Trinajstić information content (AvgIpc) is 3.19. The second kappa shape index (κ2) is 7.00. The molecule has 6 nitrogen and oxygen atoms in total. The van der Waals surface area contributed by atoms with Crippen LogP contribution in [0.25, 0.3) is 0 Å². The van der Waals surface area contributed by atoms with E-state index in [1.165, 1.54) is 6.92 Å². The first kappa shape index (κ1) is 17.7. The number of nitrogens with one attached hydrogen (secondary N) is 1. The summed E-state index contributed by atoms with van der Waals surface area (Å²) in [5.74, 6) is 1.59. The highest BCUT2D eigenvalue weighted by Crippen LogP contribution is 2.30. The van der Waals surface area contributed by atoms with Gasteiger partial charge < -0.3 is 14.6 Å². The first-order valence-corrected chi connectivity index (χ1v) is 9.19. The van der Waals surface area contributed by atoms with Gasteiger partial charge in [-0.25, -0.2) is 4.98 Å². The highest BCUT2D eigenvalue weighted by atomic mass is 32.1. The Morgan fingerprint density at radius 3 is 2.64 bits per heavy atom. The summed E-state index contributed by atoms with van der Waals surface area (Å²) in [6, 6.07) is 3.71. The van der Waals surface area contributed by atoms with Crippen LogP contribution in [0, 0.1) is 20.8 Å². The molecular formula is C18H23N3O3S. The Morgan fingerprint density at radius 1 is 1.32 bits per heavy atom. The minimum Gasteiger partial charge on any atom is -0.466 e. The average molecular weight is 361 g/mol. The number of likely N-dealkylation sites (tertiary alicyclic amines) is 1. The van der Waals surface area contributed by atoms with E-state index in [1.54, 1.807) is 11.3 Å². The molecule has 0 bridgehead atoms. The van der Waals surface area contributed by atoms with Crippen LogP contribution in [-0.4, -0.2) is 40.8 Å². The SMILES string of the molecule is CC(=O)NC1CN(C(=O)Cc2sc(C)nc2C)CC1c1ccc(C)o1. The quantitative estimate of drug-likeness (QED) is 0.907. The third-order valence-corrected chi connectivity index (χ3v) is 5.57. The van der Waals surface area contributed by atoms with Gasteiger partial charge in [0.15, 0.2) is 0 Å². The molecule has 1 fully saturated rings. The lowest BCUT2D eigenvalue weighted by molar-refractivity contribution is -0.129. The van der Waals surface area contributed by atoms with Gasteiger partial charge in [-0.2, -0.15) is 0 Å². The molecule has 2 aromatic heterocycles. The normalized spacial score (nSPS) is 20.1. The van der Waals surface area contributed by atoms with Gasteiger partial charge in [-0.15, -0.1) is 11.3 Å². The summed E-state index contributed by atoms with van der Waals surface area (Å²) in [5.41, 5.74) is 0.923. The van der Waals surface area contributed by atoms with Gasteiger partial charge in [0, 0.05) is 24.9 Å². The van der Waals surface area contributed by atoms with Crippen LogP contribution >= 0.6 is 11.3 Å².